The number of carbonyl (C=O) groups excluding carboxylic acids is 1. The van der Waals surface area contributed by atoms with Gasteiger partial charge in [-0.2, -0.15) is 0 Å². The maximum Gasteiger partial charge on any atom is 0.224 e. The molecule has 2 unspecified atom stereocenters. The predicted octanol–water partition coefficient (Wildman–Crippen LogP) is 1.92. The molecule has 19 heavy (non-hydrogen) atoms. The van der Waals surface area contributed by atoms with E-state index in [0.29, 0.717) is 25.0 Å². The quantitative estimate of drug-likeness (QED) is 0.859. The highest BCUT2D eigenvalue weighted by Gasteiger charge is 2.28. The molecule has 1 saturated heterocycles. The van der Waals surface area contributed by atoms with Crippen molar-refractivity contribution in [3.8, 4) is 0 Å². The van der Waals surface area contributed by atoms with Crippen molar-refractivity contribution in [2.24, 2.45) is 0 Å². The van der Waals surface area contributed by atoms with Crippen LogP contribution < -0.4 is 5.32 Å². The molecule has 5 heteroatoms. The summed E-state index contributed by atoms with van der Waals surface area (Å²) in [5.41, 5.74) is 1.52. The normalized spacial score (nSPS) is 23.9. The first-order chi connectivity index (χ1) is 9.15. The van der Waals surface area contributed by atoms with Crippen molar-refractivity contribution in [3.05, 3.63) is 29.1 Å². The number of carbonyl (C=O) groups is 1. The van der Waals surface area contributed by atoms with Crippen molar-refractivity contribution in [3.63, 3.8) is 0 Å². The number of fused-ring (bicyclic) bond motifs is 1. The fourth-order valence-electron chi connectivity index (χ4n) is 2.71. The third kappa shape index (κ3) is 2.35. The van der Waals surface area contributed by atoms with Gasteiger partial charge in [0.25, 0.3) is 0 Å². The zero-order valence-electron chi connectivity index (χ0n) is 10.5. The van der Waals surface area contributed by atoms with Crippen LogP contribution in [0, 0.1) is 5.82 Å². The van der Waals surface area contributed by atoms with Gasteiger partial charge in [-0.25, -0.2) is 4.39 Å². The molecular weight excluding hydrogens is 249 g/mol. The van der Waals surface area contributed by atoms with E-state index in [1.807, 2.05) is 0 Å². The zero-order chi connectivity index (χ0) is 13.4. The Morgan fingerprint density at radius 2 is 2.26 bits per heavy atom. The van der Waals surface area contributed by atoms with Crippen LogP contribution in [0.25, 0.3) is 0 Å². The molecule has 1 aromatic carbocycles. The largest absolute Gasteiger partial charge is 0.386 e. The maximum absolute atomic E-state index is 14.0. The van der Waals surface area contributed by atoms with Crippen molar-refractivity contribution in [1.29, 1.82) is 0 Å². The average Bonchev–Trinajstić information content (AvgIpc) is 2.92. The molecule has 1 fully saturated rings. The lowest BCUT2D eigenvalue weighted by atomic mass is 9.95. The highest BCUT2D eigenvalue weighted by molar-refractivity contribution is 5.94. The predicted molar refractivity (Wildman–Crippen MR) is 67.3 cm³/mol. The molecule has 1 amide bonds. The molecule has 2 aliphatic rings. The van der Waals surface area contributed by atoms with E-state index in [1.54, 1.807) is 6.07 Å². The van der Waals surface area contributed by atoms with Gasteiger partial charge < -0.3 is 15.2 Å². The number of aliphatic hydroxyl groups is 1. The number of anilines is 1. The Bertz CT molecular complexity index is 512. The third-order valence-corrected chi connectivity index (χ3v) is 3.74. The number of halogens is 1. The molecule has 2 N–H and O–H groups in total. The Hall–Kier alpha value is -1.46. The second-order valence-corrected chi connectivity index (χ2v) is 5.08. The van der Waals surface area contributed by atoms with Gasteiger partial charge in [0.1, 0.15) is 11.9 Å². The fraction of sp³-hybridized carbons (Fsp3) is 0.500. The first-order valence-corrected chi connectivity index (χ1v) is 6.57. The molecule has 1 aromatic rings. The lowest BCUT2D eigenvalue weighted by Gasteiger charge is -2.22. The van der Waals surface area contributed by atoms with Crippen LogP contribution in [0.1, 0.15) is 36.5 Å². The van der Waals surface area contributed by atoms with E-state index in [9.17, 15) is 14.3 Å². The van der Waals surface area contributed by atoms with Gasteiger partial charge in [0.2, 0.25) is 5.91 Å². The Balaban J connectivity index is 1.91. The summed E-state index contributed by atoms with van der Waals surface area (Å²) >= 11 is 0. The van der Waals surface area contributed by atoms with E-state index in [0.717, 1.165) is 18.4 Å². The van der Waals surface area contributed by atoms with Crippen molar-refractivity contribution in [2.45, 2.75) is 37.9 Å². The Labute approximate surface area is 110 Å². The minimum Gasteiger partial charge on any atom is -0.386 e. The van der Waals surface area contributed by atoms with E-state index >= 15 is 0 Å². The molecule has 2 atom stereocenters. The summed E-state index contributed by atoms with van der Waals surface area (Å²) in [6.07, 6.45) is 1.51. The molecule has 3 rings (SSSR count). The number of amides is 1. The van der Waals surface area contributed by atoms with E-state index in [-0.39, 0.29) is 17.7 Å². The standard InChI is InChI=1S/C14H16FNO3/c15-10-7-9(14(18)11-2-1-5-19-11)6-8-3-4-12(17)16-13(8)10/h6-7,11,14,18H,1-5H2,(H,16,17). The van der Waals surface area contributed by atoms with Gasteiger partial charge in [0, 0.05) is 13.0 Å². The number of hydrogen-bond acceptors (Lipinski definition) is 3. The maximum atomic E-state index is 14.0. The first kappa shape index (κ1) is 12.6. The van der Waals surface area contributed by atoms with Crippen LogP contribution in [-0.4, -0.2) is 23.7 Å². The summed E-state index contributed by atoms with van der Waals surface area (Å²) in [6, 6.07) is 3.06. The highest BCUT2D eigenvalue weighted by atomic mass is 19.1. The number of ether oxygens (including phenoxy) is 1. The van der Waals surface area contributed by atoms with Crippen molar-refractivity contribution >= 4 is 11.6 Å². The molecule has 0 bridgehead atoms. The van der Waals surface area contributed by atoms with E-state index in [4.69, 9.17) is 4.74 Å². The van der Waals surface area contributed by atoms with Crippen LogP contribution in [0.15, 0.2) is 12.1 Å². The molecule has 0 radical (unpaired) electrons. The van der Waals surface area contributed by atoms with Gasteiger partial charge in [-0.3, -0.25) is 4.79 Å². The van der Waals surface area contributed by atoms with Gasteiger partial charge in [-0.1, -0.05) is 6.07 Å². The van der Waals surface area contributed by atoms with Crippen LogP contribution in [0.2, 0.25) is 0 Å². The monoisotopic (exact) mass is 265 g/mol. The second kappa shape index (κ2) is 4.90. The van der Waals surface area contributed by atoms with Crippen molar-refractivity contribution < 1.29 is 19.0 Å². The Morgan fingerprint density at radius 3 is 3.00 bits per heavy atom. The minimum absolute atomic E-state index is 0.168. The van der Waals surface area contributed by atoms with Gasteiger partial charge in [0.15, 0.2) is 0 Å². The van der Waals surface area contributed by atoms with Crippen LogP contribution in [0.4, 0.5) is 10.1 Å². The molecule has 0 spiro atoms. The Kier molecular flexibility index (Phi) is 3.24. The molecule has 0 aliphatic carbocycles. The summed E-state index contributed by atoms with van der Waals surface area (Å²) in [7, 11) is 0. The third-order valence-electron chi connectivity index (χ3n) is 3.74. The lowest BCUT2D eigenvalue weighted by Crippen LogP contribution is -2.22. The number of rotatable bonds is 2. The number of aliphatic hydroxyl groups excluding tert-OH is 1. The zero-order valence-corrected chi connectivity index (χ0v) is 10.5. The first-order valence-electron chi connectivity index (χ1n) is 6.57. The molecular formula is C14H16FNO3. The average molecular weight is 265 g/mol. The van der Waals surface area contributed by atoms with Crippen molar-refractivity contribution in [2.75, 3.05) is 11.9 Å². The summed E-state index contributed by atoms with van der Waals surface area (Å²) in [5, 5.41) is 12.8. The molecule has 2 heterocycles. The van der Waals surface area contributed by atoms with Crippen LogP contribution in [-0.2, 0) is 16.0 Å². The van der Waals surface area contributed by atoms with Gasteiger partial charge in [0.05, 0.1) is 11.8 Å². The SMILES string of the molecule is O=C1CCc2cc(C(O)C3CCCO3)cc(F)c2N1. The smallest absolute Gasteiger partial charge is 0.224 e. The van der Waals surface area contributed by atoms with E-state index < -0.39 is 11.9 Å². The molecule has 0 saturated carbocycles. The van der Waals surface area contributed by atoms with Crippen LogP contribution in [0.3, 0.4) is 0 Å². The summed E-state index contributed by atoms with van der Waals surface area (Å²) < 4.78 is 19.4. The van der Waals surface area contributed by atoms with E-state index in [2.05, 4.69) is 5.32 Å². The minimum atomic E-state index is -0.806. The van der Waals surface area contributed by atoms with Gasteiger partial charge in [-0.15, -0.1) is 0 Å². The summed E-state index contributed by atoms with van der Waals surface area (Å²) in [4.78, 5) is 11.3. The molecule has 102 valence electrons. The highest BCUT2D eigenvalue weighted by Crippen LogP contribution is 2.33. The summed E-state index contributed by atoms with van der Waals surface area (Å²) in [5.74, 6) is -0.656. The summed E-state index contributed by atoms with van der Waals surface area (Å²) in [6.45, 7) is 0.644. The second-order valence-electron chi connectivity index (χ2n) is 5.08. The lowest BCUT2D eigenvalue weighted by molar-refractivity contribution is -0.116. The topological polar surface area (TPSA) is 58.6 Å². The molecule has 2 aliphatic heterocycles. The van der Waals surface area contributed by atoms with Crippen LogP contribution in [0.5, 0.6) is 0 Å². The van der Waals surface area contributed by atoms with Crippen LogP contribution >= 0.6 is 0 Å². The molecule has 4 nitrogen and oxygen atoms in total. The number of hydrogen-bond donors (Lipinski definition) is 2. The van der Waals surface area contributed by atoms with Crippen molar-refractivity contribution in [1.82, 2.24) is 0 Å². The van der Waals surface area contributed by atoms with Gasteiger partial charge in [-0.05, 0) is 36.5 Å². The fourth-order valence-corrected chi connectivity index (χ4v) is 2.71. The van der Waals surface area contributed by atoms with Gasteiger partial charge >= 0.3 is 0 Å². The Morgan fingerprint density at radius 1 is 1.42 bits per heavy atom. The number of aryl methyl sites for hydroxylation is 1. The molecule has 0 aromatic heterocycles. The number of nitrogens with one attached hydrogen (secondary N) is 1. The number of benzene rings is 1. The van der Waals surface area contributed by atoms with E-state index in [1.165, 1.54) is 6.07 Å².